The first-order chi connectivity index (χ1) is 22.7. The predicted molar refractivity (Wildman–Crippen MR) is 174 cm³/mol. The van der Waals surface area contributed by atoms with Gasteiger partial charge in [0.15, 0.2) is 5.83 Å². The summed E-state index contributed by atoms with van der Waals surface area (Å²) in [4.78, 5) is 30.3. The van der Waals surface area contributed by atoms with Gasteiger partial charge in [0, 0.05) is 67.2 Å². The van der Waals surface area contributed by atoms with Crippen molar-refractivity contribution in [1.29, 1.82) is 5.26 Å². The van der Waals surface area contributed by atoms with Gasteiger partial charge in [-0.15, -0.1) is 0 Å². The first-order valence-electron chi connectivity index (χ1n) is 15.9. The number of hydrogen-bond acceptors (Lipinski definition) is 9. The van der Waals surface area contributed by atoms with Crippen molar-refractivity contribution in [3.05, 3.63) is 64.8 Å². The lowest BCUT2D eigenvalue weighted by Crippen LogP contribution is -2.55. The van der Waals surface area contributed by atoms with E-state index in [4.69, 9.17) is 31.0 Å². The number of amides is 1. The fourth-order valence-corrected chi connectivity index (χ4v) is 8.01. The first kappa shape index (κ1) is 31.5. The minimum Gasteiger partial charge on any atom is -0.463 e. The summed E-state index contributed by atoms with van der Waals surface area (Å²) >= 11 is 6.51. The molecule has 3 saturated heterocycles. The highest BCUT2D eigenvalue weighted by molar-refractivity contribution is 6.36. The highest BCUT2D eigenvalue weighted by atomic mass is 35.5. The number of halogens is 3. The maximum atomic E-state index is 14.6. The normalized spacial score (nSPS) is 24.3. The van der Waals surface area contributed by atoms with Crippen LogP contribution in [0.25, 0.3) is 10.8 Å². The van der Waals surface area contributed by atoms with E-state index in [1.807, 2.05) is 23.1 Å². The van der Waals surface area contributed by atoms with Gasteiger partial charge in [0.25, 0.3) is 5.91 Å². The molecule has 1 aromatic heterocycles. The lowest BCUT2D eigenvalue weighted by Gasteiger charge is -2.42. The lowest BCUT2D eigenvalue weighted by molar-refractivity contribution is -0.131. The lowest BCUT2D eigenvalue weighted by atomic mass is 9.82. The average Bonchev–Trinajstić information content (AvgIpc) is 3.60. The fourth-order valence-electron chi connectivity index (χ4n) is 7.74. The van der Waals surface area contributed by atoms with Gasteiger partial charge >= 0.3 is 6.01 Å². The summed E-state index contributed by atoms with van der Waals surface area (Å²) in [5, 5.41) is 11.1. The molecule has 0 spiro atoms. The molecular weight excluding hydrogens is 628 g/mol. The van der Waals surface area contributed by atoms with Crippen LogP contribution in [-0.4, -0.2) is 97.9 Å². The van der Waals surface area contributed by atoms with Crippen molar-refractivity contribution in [2.75, 3.05) is 75.9 Å². The summed E-state index contributed by atoms with van der Waals surface area (Å²) in [6.45, 7) is 8.58. The molecule has 47 heavy (non-hydrogen) atoms. The first-order valence-corrected chi connectivity index (χ1v) is 16.2. The molecule has 3 aromatic rings. The van der Waals surface area contributed by atoms with Crippen LogP contribution >= 0.6 is 11.6 Å². The second-order valence-electron chi connectivity index (χ2n) is 13.1. The molecule has 3 fully saturated rings. The van der Waals surface area contributed by atoms with Crippen LogP contribution in [0.3, 0.4) is 0 Å². The third kappa shape index (κ3) is 5.75. The van der Waals surface area contributed by atoms with E-state index in [-0.39, 0.29) is 29.4 Å². The number of nitrogens with zero attached hydrogens (tertiary/aromatic N) is 7. The molecule has 246 valence electrons. The van der Waals surface area contributed by atoms with E-state index in [1.165, 1.54) is 11.0 Å². The van der Waals surface area contributed by atoms with Gasteiger partial charge in [0.2, 0.25) is 0 Å². The Morgan fingerprint density at radius 3 is 2.87 bits per heavy atom. The van der Waals surface area contributed by atoms with Gasteiger partial charge in [0.1, 0.15) is 18.2 Å². The maximum Gasteiger partial charge on any atom is 0.318 e. The molecule has 0 bridgehead atoms. The SMILES string of the molecule is C=C(F)C(=O)N1CCN(c2nc(OCC34COCC3CN(C)C4)nc3c2CCN(c2cccc4ccc(F)c(Cl)c24)C3)C[C@@H]1CC#N. The standard InChI is InChI=1S/C34H36ClF2N7O3/c1-21(36)32(45)44-13-12-43(15-24(44)8-10-38)31-25-9-11-42(28-5-3-4-22-6-7-26(37)30(35)29(22)28)16-27(25)39-33(40-31)47-20-34-18-41(2)14-23(34)17-46-19-34/h3-7,23-24H,1,8-9,11-20H2,2H3/t23?,24-,34?/m0/s1. The Kier molecular flexibility index (Phi) is 8.40. The second-order valence-corrected chi connectivity index (χ2v) is 13.5. The van der Waals surface area contributed by atoms with Gasteiger partial charge in [-0.3, -0.25) is 4.79 Å². The van der Waals surface area contributed by atoms with Crippen LogP contribution in [0, 0.1) is 28.5 Å². The quantitative estimate of drug-likeness (QED) is 0.342. The van der Waals surface area contributed by atoms with Gasteiger partial charge in [-0.2, -0.15) is 15.2 Å². The number of fused-ring (bicyclic) bond motifs is 3. The van der Waals surface area contributed by atoms with Crippen molar-refractivity contribution in [2.24, 2.45) is 11.3 Å². The minimum atomic E-state index is -1.05. The number of carbonyl (C=O) groups is 1. The minimum absolute atomic E-state index is 0.0375. The third-order valence-corrected chi connectivity index (χ3v) is 10.4. The Hall–Kier alpha value is -4.05. The van der Waals surface area contributed by atoms with Crippen molar-refractivity contribution in [1.82, 2.24) is 19.8 Å². The van der Waals surface area contributed by atoms with E-state index in [0.29, 0.717) is 69.5 Å². The van der Waals surface area contributed by atoms with Gasteiger partial charge < -0.3 is 29.1 Å². The number of aromatic nitrogens is 2. The predicted octanol–water partition coefficient (Wildman–Crippen LogP) is 4.36. The zero-order valence-electron chi connectivity index (χ0n) is 26.2. The van der Waals surface area contributed by atoms with Crippen LogP contribution in [0.1, 0.15) is 17.7 Å². The van der Waals surface area contributed by atoms with E-state index in [1.54, 1.807) is 6.07 Å². The maximum absolute atomic E-state index is 14.6. The van der Waals surface area contributed by atoms with Gasteiger partial charge in [-0.1, -0.05) is 36.4 Å². The molecule has 0 saturated carbocycles. The summed E-state index contributed by atoms with van der Waals surface area (Å²) in [5.41, 5.74) is 2.38. The number of piperazine rings is 1. The molecular formula is C34H36ClF2N7O3. The molecule has 2 unspecified atom stereocenters. The number of rotatable bonds is 7. The Bertz CT molecular complexity index is 1790. The molecule has 13 heteroatoms. The molecule has 0 N–H and O–H groups in total. The summed E-state index contributed by atoms with van der Waals surface area (Å²) in [5.74, 6) is -1.28. The van der Waals surface area contributed by atoms with Gasteiger partial charge in [-0.25, -0.2) is 8.78 Å². The Balaban J connectivity index is 1.24. The Labute approximate surface area is 277 Å². The molecule has 10 nitrogen and oxygen atoms in total. The van der Waals surface area contributed by atoms with Crippen LogP contribution in [0.4, 0.5) is 20.3 Å². The van der Waals surface area contributed by atoms with Crippen LogP contribution in [0.5, 0.6) is 6.01 Å². The number of ether oxygens (including phenoxy) is 2. The molecule has 1 amide bonds. The number of benzene rings is 2. The molecule has 5 heterocycles. The highest BCUT2D eigenvalue weighted by Gasteiger charge is 2.50. The number of anilines is 2. The van der Waals surface area contributed by atoms with Gasteiger partial charge in [0.05, 0.1) is 49.0 Å². The van der Waals surface area contributed by atoms with E-state index in [9.17, 15) is 18.8 Å². The van der Waals surface area contributed by atoms with E-state index in [0.717, 1.165) is 35.4 Å². The van der Waals surface area contributed by atoms with Crippen molar-refractivity contribution < 1.29 is 23.0 Å². The van der Waals surface area contributed by atoms with E-state index < -0.39 is 23.6 Å². The monoisotopic (exact) mass is 663 g/mol. The van der Waals surface area contributed by atoms with Crippen LogP contribution in [0.2, 0.25) is 5.02 Å². The van der Waals surface area contributed by atoms with Crippen molar-refractivity contribution in [3.8, 4) is 12.1 Å². The molecule has 4 aliphatic rings. The van der Waals surface area contributed by atoms with Crippen LogP contribution in [-0.2, 0) is 22.5 Å². The number of hydrogen-bond donors (Lipinski definition) is 0. The number of nitriles is 1. The molecule has 2 aromatic carbocycles. The molecule has 0 radical (unpaired) electrons. The van der Waals surface area contributed by atoms with Crippen molar-refractivity contribution in [2.45, 2.75) is 25.4 Å². The number of carbonyl (C=O) groups excluding carboxylic acids is 1. The Morgan fingerprint density at radius 2 is 2.06 bits per heavy atom. The highest BCUT2D eigenvalue weighted by Crippen LogP contribution is 2.42. The summed E-state index contributed by atoms with van der Waals surface area (Å²) in [6, 6.07) is 10.7. The second kappa shape index (κ2) is 12.5. The van der Waals surface area contributed by atoms with Crippen LogP contribution < -0.4 is 14.5 Å². The third-order valence-electron chi connectivity index (χ3n) is 10.1. The summed E-state index contributed by atoms with van der Waals surface area (Å²) in [6.07, 6.45) is 0.623. The van der Waals surface area contributed by atoms with Crippen molar-refractivity contribution >= 4 is 39.8 Å². The fraction of sp³-hybridized carbons (Fsp3) is 0.471. The van der Waals surface area contributed by atoms with E-state index >= 15 is 0 Å². The van der Waals surface area contributed by atoms with Crippen molar-refractivity contribution in [3.63, 3.8) is 0 Å². The Morgan fingerprint density at radius 1 is 1.21 bits per heavy atom. The zero-order chi connectivity index (χ0) is 32.9. The number of likely N-dealkylation sites (tertiary alicyclic amines) is 1. The summed E-state index contributed by atoms with van der Waals surface area (Å²) < 4.78 is 40.8. The van der Waals surface area contributed by atoms with E-state index in [2.05, 4.69) is 29.5 Å². The largest absolute Gasteiger partial charge is 0.463 e. The molecule has 3 atom stereocenters. The van der Waals surface area contributed by atoms with Gasteiger partial charge in [-0.05, 0) is 31.0 Å². The smallest absolute Gasteiger partial charge is 0.318 e. The molecule has 0 aliphatic carbocycles. The topological polar surface area (TPSA) is 98.1 Å². The van der Waals surface area contributed by atoms with Crippen LogP contribution in [0.15, 0.2) is 42.7 Å². The average molecular weight is 664 g/mol. The summed E-state index contributed by atoms with van der Waals surface area (Å²) in [7, 11) is 2.11. The molecule has 4 aliphatic heterocycles. The molecule has 7 rings (SSSR count). The zero-order valence-corrected chi connectivity index (χ0v) is 27.0.